The molecule has 1 aromatic carbocycles. The summed E-state index contributed by atoms with van der Waals surface area (Å²) in [6.07, 6.45) is -1.66. The van der Waals surface area contributed by atoms with E-state index in [9.17, 15) is 27.2 Å². The topological polar surface area (TPSA) is 149 Å². The molecule has 5 rings (SSSR count). The maximum Gasteiger partial charge on any atom is 0.335 e. The number of para-hydroxylation sites is 1. The van der Waals surface area contributed by atoms with Crippen molar-refractivity contribution in [3.05, 3.63) is 68.7 Å². The van der Waals surface area contributed by atoms with Crippen molar-refractivity contribution in [2.24, 2.45) is 0 Å². The van der Waals surface area contributed by atoms with Crippen LogP contribution in [0.4, 0.5) is 17.6 Å². The van der Waals surface area contributed by atoms with Crippen molar-refractivity contribution in [3.63, 3.8) is 0 Å². The summed E-state index contributed by atoms with van der Waals surface area (Å²) in [7, 11) is 3.87. The van der Waals surface area contributed by atoms with Gasteiger partial charge in [0.15, 0.2) is 17.3 Å². The van der Waals surface area contributed by atoms with Crippen molar-refractivity contribution in [3.8, 4) is 5.69 Å². The number of aliphatic carboxylic acids is 2. The Bertz CT molecular complexity index is 1520. The Balaban J connectivity index is 0.000000399. The van der Waals surface area contributed by atoms with E-state index in [1.165, 1.54) is 6.07 Å². The number of carboxylic acid groups (broad SMARTS) is 2. The number of carbonyl (C=O) groups is 2. The van der Waals surface area contributed by atoms with Crippen LogP contribution in [0.15, 0.2) is 30.5 Å². The predicted molar refractivity (Wildman–Crippen MR) is 153 cm³/mol. The number of hydrogen-bond donors (Lipinski definition) is 4. The molecule has 0 bridgehead atoms. The second-order valence-corrected chi connectivity index (χ2v) is 12.3. The van der Waals surface area contributed by atoms with Crippen LogP contribution >= 0.6 is 11.3 Å². The maximum absolute atomic E-state index is 14.8. The molecule has 45 heavy (non-hydrogen) atoms. The zero-order chi connectivity index (χ0) is 33.3. The van der Waals surface area contributed by atoms with Gasteiger partial charge in [-0.25, -0.2) is 18.7 Å². The van der Waals surface area contributed by atoms with Crippen molar-refractivity contribution in [2.45, 2.75) is 56.6 Å². The van der Waals surface area contributed by atoms with Gasteiger partial charge >= 0.3 is 11.9 Å². The molecule has 2 atom stereocenters. The van der Waals surface area contributed by atoms with E-state index in [4.69, 9.17) is 25.2 Å². The molecule has 16 heteroatoms. The molecule has 0 saturated carbocycles. The number of piperidine rings is 1. The van der Waals surface area contributed by atoms with Gasteiger partial charge in [0.1, 0.15) is 23.7 Å². The van der Waals surface area contributed by atoms with E-state index in [-0.39, 0.29) is 11.4 Å². The Hall–Kier alpha value is -3.41. The lowest BCUT2D eigenvalue weighted by Gasteiger charge is -2.45. The third kappa shape index (κ3) is 7.53. The SMILES string of the molecule is Cc1nn(-c2c(F)cccc2CN(C)C)cc1CN1CCC2(CC1)OCC(F)(F)c1cc(F)sc12.O=C(O)[C@H](O)[C@@H](O)C(=O)O. The second kappa shape index (κ2) is 13.5. The highest BCUT2D eigenvalue weighted by molar-refractivity contribution is 7.10. The average molecular weight is 659 g/mol. The summed E-state index contributed by atoms with van der Waals surface area (Å²) in [5.74, 6) is -7.03. The molecule has 0 amide bonds. The number of aryl methyl sites for hydroxylation is 1. The number of aromatic nitrogens is 2. The maximum atomic E-state index is 14.8. The number of hydrogen-bond acceptors (Lipinski definition) is 9. The van der Waals surface area contributed by atoms with Gasteiger partial charge in [-0.1, -0.05) is 12.1 Å². The van der Waals surface area contributed by atoms with Gasteiger partial charge in [-0.2, -0.15) is 18.3 Å². The highest BCUT2D eigenvalue weighted by atomic mass is 32.1. The number of likely N-dealkylation sites (tertiary alicyclic amines) is 1. The summed E-state index contributed by atoms with van der Waals surface area (Å²) in [5.41, 5.74) is 1.97. The van der Waals surface area contributed by atoms with Crippen LogP contribution in [-0.2, 0) is 38.9 Å². The Labute approximate surface area is 259 Å². The van der Waals surface area contributed by atoms with Gasteiger partial charge in [-0.15, -0.1) is 11.3 Å². The molecular weight excluding hydrogens is 624 g/mol. The number of nitrogens with zero attached hydrogens (tertiary/aromatic N) is 4. The predicted octanol–water partition coefficient (Wildman–Crippen LogP) is 3.07. The molecule has 2 aliphatic rings. The van der Waals surface area contributed by atoms with Crippen molar-refractivity contribution in [1.82, 2.24) is 19.6 Å². The number of benzene rings is 1. The van der Waals surface area contributed by atoms with E-state index < -0.39 is 47.4 Å². The van der Waals surface area contributed by atoms with E-state index in [1.54, 1.807) is 10.7 Å². The van der Waals surface area contributed by atoms with Crippen molar-refractivity contribution in [1.29, 1.82) is 0 Å². The third-order valence-corrected chi connectivity index (χ3v) is 8.80. The average Bonchev–Trinajstić information content (AvgIpc) is 3.54. The number of aliphatic hydroxyl groups excluding tert-OH is 2. The fraction of sp³-hybridized carbons (Fsp3) is 0.483. The Morgan fingerprint density at radius 3 is 2.29 bits per heavy atom. The minimum atomic E-state index is -3.16. The Morgan fingerprint density at radius 2 is 1.71 bits per heavy atom. The van der Waals surface area contributed by atoms with Crippen molar-refractivity contribution < 1.29 is 52.3 Å². The Morgan fingerprint density at radius 1 is 1.09 bits per heavy atom. The molecule has 2 aliphatic heterocycles. The number of fused-ring (bicyclic) bond motifs is 2. The number of thiophene rings is 1. The van der Waals surface area contributed by atoms with Gasteiger partial charge in [0.25, 0.3) is 5.92 Å². The van der Waals surface area contributed by atoms with E-state index >= 15 is 0 Å². The molecule has 4 heterocycles. The fourth-order valence-corrected chi connectivity index (χ4v) is 6.49. The molecular formula is C29H34F4N4O7S. The van der Waals surface area contributed by atoms with Crippen molar-refractivity contribution >= 4 is 23.3 Å². The van der Waals surface area contributed by atoms with Crippen LogP contribution in [0.1, 0.15) is 40.1 Å². The lowest BCUT2D eigenvalue weighted by molar-refractivity contribution is -0.182. The van der Waals surface area contributed by atoms with Crippen LogP contribution in [0.3, 0.4) is 0 Å². The van der Waals surface area contributed by atoms with Gasteiger partial charge in [-0.05, 0) is 51.6 Å². The van der Waals surface area contributed by atoms with Gasteiger partial charge in [0.2, 0.25) is 0 Å². The van der Waals surface area contributed by atoms with Crippen LogP contribution in [0.5, 0.6) is 0 Å². The number of ether oxygens (including phenoxy) is 1. The normalized spacial score (nSPS) is 18.6. The van der Waals surface area contributed by atoms with E-state index in [1.807, 2.05) is 38.2 Å². The second-order valence-electron chi connectivity index (χ2n) is 11.3. The molecule has 2 aromatic heterocycles. The van der Waals surface area contributed by atoms with Gasteiger partial charge in [0.05, 0.1) is 5.69 Å². The summed E-state index contributed by atoms with van der Waals surface area (Å²) >= 11 is 0.771. The standard InChI is InChI=1S/C25H28F4N4OS.C4H6O6/c1-16-18(14-33(30-16)22-17(12-31(2)3)5-4-6-20(22)26)13-32-9-7-24(8-10-32)23-19(11-21(27)35-23)25(28,29)15-34-24;5-1(3(7)8)2(6)4(9)10/h4-6,11,14H,7-10,12-13,15H2,1-3H3;1-2,5-6H,(H,7,8)(H,9,10)/t;1-,2-/m.1/s1. The molecule has 0 aliphatic carbocycles. The highest BCUT2D eigenvalue weighted by Crippen LogP contribution is 2.51. The van der Waals surface area contributed by atoms with Gasteiger partial charge < -0.3 is 30.1 Å². The zero-order valence-electron chi connectivity index (χ0n) is 24.7. The van der Waals surface area contributed by atoms with Gasteiger partial charge in [0, 0.05) is 48.4 Å². The lowest BCUT2D eigenvalue weighted by atomic mass is 9.84. The molecule has 246 valence electrons. The summed E-state index contributed by atoms with van der Waals surface area (Å²) in [6, 6.07) is 5.99. The summed E-state index contributed by atoms with van der Waals surface area (Å²) in [5, 5.41) is 36.5. The van der Waals surface area contributed by atoms with Crippen LogP contribution in [0.25, 0.3) is 5.69 Å². The largest absolute Gasteiger partial charge is 0.479 e. The van der Waals surface area contributed by atoms with E-state index in [0.29, 0.717) is 49.6 Å². The molecule has 1 saturated heterocycles. The minimum Gasteiger partial charge on any atom is -0.479 e. The first kappa shape index (κ1) is 34.5. The van der Waals surface area contributed by atoms with Gasteiger partial charge in [-0.3, -0.25) is 4.90 Å². The quantitative estimate of drug-likeness (QED) is 0.266. The number of halogens is 4. The van der Waals surface area contributed by atoms with E-state index in [0.717, 1.165) is 34.2 Å². The molecule has 0 unspecified atom stereocenters. The Kier molecular flexibility index (Phi) is 10.4. The monoisotopic (exact) mass is 658 g/mol. The summed E-state index contributed by atoms with van der Waals surface area (Å²) < 4.78 is 64.6. The van der Waals surface area contributed by atoms with Crippen LogP contribution in [0.2, 0.25) is 0 Å². The minimum absolute atomic E-state index is 0.227. The third-order valence-electron chi connectivity index (χ3n) is 7.69. The van der Waals surface area contributed by atoms with Crippen LogP contribution in [-0.4, -0.2) is 97.9 Å². The fourth-order valence-electron chi connectivity index (χ4n) is 5.35. The smallest absolute Gasteiger partial charge is 0.335 e. The van der Waals surface area contributed by atoms with Crippen LogP contribution in [0, 0.1) is 17.9 Å². The number of carboxylic acids is 2. The number of alkyl halides is 2. The zero-order valence-corrected chi connectivity index (χ0v) is 25.5. The lowest BCUT2D eigenvalue weighted by Crippen LogP contribution is -2.48. The first-order chi connectivity index (χ1) is 21.0. The first-order valence-corrected chi connectivity index (χ1v) is 14.7. The number of aliphatic hydroxyl groups is 2. The molecule has 3 aromatic rings. The van der Waals surface area contributed by atoms with Crippen LogP contribution < -0.4 is 0 Å². The molecule has 0 radical (unpaired) electrons. The first-order valence-electron chi connectivity index (χ1n) is 13.9. The number of rotatable bonds is 8. The molecule has 4 N–H and O–H groups in total. The van der Waals surface area contributed by atoms with E-state index in [2.05, 4.69) is 10.00 Å². The highest BCUT2D eigenvalue weighted by Gasteiger charge is 2.51. The summed E-state index contributed by atoms with van der Waals surface area (Å²) in [6.45, 7) is 3.58. The molecule has 1 fully saturated rings. The summed E-state index contributed by atoms with van der Waals surface area (Å²) in [4.78, 5) is 24.1. The molecule has 1 spiro atoms. The van der Waals surface area contributed by atoms with Crippen molar-refractivity contribution in [2.75, 3.05) is 33.8 Å². The molecule has 11 nitrogen and oxygen atoms in total.